The Morgan fingerprint density at radius 2 is 1.85 bits per heavy atom. The van der Waals surface area contributed by atoms with Crippen molar-refractivity contribution in [3.8, 4) is 0 Å². The first kappa shape index (κ1) is 16.2. The Bertz CT molecular complexity index is 410. The summed E-state index contributed by atoms with van der Waals surface area (Å²) >= 11 is 0. The summed E-state index contributed by atoms with van der Waals surface area (Å²) in [5.74, 6) is -2.62. The molecule has 1 atom stereocenters. The number of carboxylic acids is 2. The summed E-state index contributed by atoms with van der Waals surface area (Å²) in [5, 5.41) is 19.8. The van der Waals surface area contributed by atoms with Crippen molar-refractivity contribution in [2.24, 2.45) is 0 Å². The molecule has 2 amide bonds. The van der Waals surface area contributed by atoms with Gasteiger partial charge in [-0.3, -0.25) is 9.69 Å². The maximum absolute atomic E-state index is 12.0. The Morgan fingerprint density at radius 3 is 2.30 bits per heavy atom. The van der Waals surface area contributed by atoms with E-state index in [0.717, 1.165) is 0 Å². The second kappa shape index (κ2) is 6.08. The minimum Gasteiger partial charge on any atom is -0.481 e. The third kappa shape index (κ3) is 4.09. The minimum atomic E-state index is -1.41. The average Bonchev–Trinajstić information content (AvgIpc) is 2.30. The van der Waals surface area contributed by atoms with Gasteiger partial charge < -0.3 is 20.4 Å². The van der Waals surface area contributed by atoms with E-state index in [0.29, 0.717) is 19.6 Å². The Labute approximate surface area is 117 Å². The highest BCUT2D eigenvalue weighted by Gasteiger charge is 2.34. The molecule has 0 radical (unpaired) electrons. The van der Waals surface area contributed by atoms with Crippen molar-refractivity contribution in [3.63, 3.8) is 0 Å². The molecule has 0 saturated carbocycles. The van der Waals surface area contributed by atoms with Crippen LogP contribution in [0.5, 0.6) is 0 Å². The molecule has 114 valence electrons. The number of nitrogens with zero attached hydrogens (tertiary/aromatic N) is 2. The predicted octanol–water partition coefficient (Wildman–Crippen LogP) is -0.350. The Morgan fingerprint density at radius 1 is 1.25 bits per heavy atom. The molecule has 8 nitrogen and oxygen atoms in total. The first-order chi connectivity index (χ1) is 9.13. The van der Waals surface area contributed by atoms with Crippen molar-refractivity contribution < 1.29 is 24.6 Å². The molecule has 0 aliphatic carbocycles. The van der Waals surface area contributed by atoms with Gasteiger partial charge in [-0.2, -0.15) is 0 Å². The normalized spacial score (nSPS) is 20.2. The minimum absolute atomic E-state index is 0.207. The fourth-order valence-corrected chi connectivity index (χ4v) is 2.03. The van der Waals surface area contributed by atoms with Gasteiger partial charge in [0.05, 0.1) is 6.42 Å². The summed E-state index contributed by atoms with van der Waals surface area (Å²) in [6.07, 6.45) is -0.641. The van der Waals surface area contributed by atoms with E-state index < -0.39 is 30.4 Å². The van der Waals surface area contributed by atoms with Gasteiger partial charge in [0.25, 0.3) is 0 Å². The molecule has 0 spiro atoms. The molecule has 0 bridgehead atoms. The Balaban J connectivity index is 2.65. The van der Waals surface area contributed by atoms with E-state index in [9.17, 15) is 14.4 Å². The maximum Gasteiger partial charge on any atom is 0.326 e. The van der Waals surface area contributed by atoms with E-state index in [1.54, 1.807) is 0 Å². The van der Waals surface area contributed by atoms with Crippen molar-refractivity contribution in [1.29, 1.82) is 0 Å². The molecule has 8 heteroatoms. The highest BCUT2D eigenvalue weighted by Crippen LogP contribution is 2.18. The molecule has 0 aromatic heterocycles. The monoisotopic (exact) mass is 287 g/mol. The molecule has 0 unspecified atom stereocenters. The lowest BCUT2D eigenvalue weighted by Gasteiger charge is -2.45. The number of amides is 2. The van der Waals surface area contributed by atoms with Crippen molar-refractivity contribution in [2.75, 3.05) is 26.7 Å². The van der Waals surface area contributed by atoms with Crippen LogP contribution in [0, 0.1) is 0 Å². The maximum atomic E-state index is 12.0. The number of carboxylic acid groups (broad SMARTS) is 2. The largest absolute Gasteiger partial charge is 0.481 e. The van der Waals surface area contributed by atoms with Crippen molar-refractivity contribution >= 4 is 18.0 Å². The zero-order valence-corrected chi connectivity index (χ0v) is 11.9. The third-order valence-corrected chi connectivity index (χ3v) is 3.58. The number of likely N-dealkylation sites (N-methyl/N-ethyl adjacent to an activating group) is 1. The van der Waals surface area contributed by atoms with E-state index in [-0.39, 0.29) is 5.54 Å². The van der Waals surface area contributed by atoms with Crippen molar-refractivity contribution in [3.05, 3.63) is 0 Å². The zero-order chi connectivity index (χ0) is 15.5. The second-order valence-corrected chi connectivity index (χ2v) is 5.59. The Hall–Kier alpha value is -1.83. The number of urea groups is 1. The number of carbonyl (C=O) groups excluding carboxylic acids is 1. The van der Waals surface area contributed by atoms with Gasteiger partial charge in [-0.15, -0.1) is 0 Å². The third-order valence-electron chi connectivity index (χ3n) is 3.58. The zero-order valence-electron chi connectivity index (χ0n) is 11.9. The summed E-state index contributed by atoms with van der Waals surface area (Å²) in [4.78, 5) is 37.2. The lowest BCUT2D eigenvalue weighted by molar-refractivity contribution is -0.145. The van der Waals surface area contributed by atoms with Gasteiger partial charge in [0.1, 0.15) is 6.04 Å². The smallest absolute Gasteiger partial charge is 0.326 e. The molecule has 0 aromatic rings. The highest BCUT2D eigenvalue weighted by molar-refractivity contribution is 5.86. The molecule has 1 aliphatic heterocycles. The summed E-state index contributed by atoms with van der Waals surface area (Å²) in [6, 6.07) is -1.96. The van der Waals surface area contributed by atoms with Gasteiger partial charge in [-0.05, 0) is 20.9 Å². The molecule has 0 aromatic carbocycles. The molecule has 1 rings (SSSR count). The standard InChI is InChI=1S/C12H21N3O5/c1-12(2)7-15(5-4-14(12)3)11(20)13-8(10(18)19)6-9(16)17/h8H,4-7H2,1-3H3,(H,13,20)(H,16,17)(H,18,19)/t8-/m1/s1. The number of piperazine rings is 1. The van der Waals surface area contributed by atoms with Crippen LogP contribution in [0.4, 0.5) is 4.79 Å². The van der Waals surface area contributed by atoms with Gasteiger partial charge in [0.15, 0.2) is 0 Å². The van der Waals surface area contributed by atoms with E-state index in [2.05, 4.69) is 10.2 Å². The fourth-order valence-electron chi connectivity index (χ4n) is 2.03. The van der Waals surface area contributed by atoms with Crippen molar-refractivity contribution in [1.82, 2.24) is 15.1 Å². The molecule has 20 heavy (non-hydrogen) atoms. The topological polar surface area (TPSA) is 110 Å². The first-order valence-corrected chi connectivity index (χ1v) is 6.35. The van der Waals surface area contributed by atoms with Crippen LogP contribution in [0.15, 0.2) is 0 Å². The summed E-state index contributed by atoms with van der Waals surface area (Å²) in [7, 11) is 1.96. The molecule has 1 aliphatic rings. The SMILES string of the molecule is CN1CCN(C(=O)N[C@H](CC(=O)O)C(=O)O)CC1(C)C. The van der Waals surface area contributed by atoms with Gasteiger partial charge in [-0.1, -0.05) is 0 Å². The number of nitrogens with one attached hydrogen (secondary N) is 1. The number of rotatable bonds is 4. The van der Waals surface area contributed by atoms with Gasteiger partial charge in [-0.25, -0.2) is 9.59 Å². The van der Waals surface area contributed by atoms with Gasteiger partial charge in [0.2, 0.25) is 0 Å². The first-order valence-electron chi connectivity index (χ1n) is 6.35. The van der Waals surface area contributed by atoms with Crippen LogP contribution in [0.25, 0.3) is 0 Å². The van der Waals surface area contributed by atoms with Crippen LogP contribution in [0.3, 0.4) is 0 Å². The molecular weight excluding hydrogens is 266 g/mol. The molecule has 3 N–H and O–H groups in total. The number of hydrogen-bond acceptors (Lipinski definition) is 4. The lowest BCUT2D eigenvalue weighted by Crippen LogP contribution is -2.61. The quantitative estimate of drug-likeness (QED) is 0.652. The Kier molecular flexibility index (Phi) is 4.93. The van der Waals surface area contributed by atoms with Crippen molar-refractivity contribution in [2.45, 2.75) is 31.8 Å². The molecule has 1 heterocycles. The van der Waals surface area contributed by atoms with Crippen LogP contribution in [0.1, 0.15) is 20.3 Å². The second-order valence-electron chi connectivity index (χ2n) is 5.59. The van der Waals surface area contributed by atoms with E-state index in [1.807, 2.05) is 20.9 Å². The van der Waals surface area contributed by atoms with E-state index in [4.69, 9.17) is 10.2 Å². The molecular formula is C12H21N3O5. The summed E-state index contributed by atoms with van der Waals surface area (Å²) in [5.41, 5.74) is -0.207. The van der Waals surface area contributed by atoms with Crippen LogP contribution in [-0.4, -0.2) is 76.2 Å². The van der Waals surface area contributed by atoms with Gasteiger partial charge >= 0.3 is 18.0 Å². The number of hydrogen-bond donors (Lipinski definition) is 3. The highest BCUT2D eigenvalue weighted by atomic mass is 16.4. The number of aliphatic carboxylic acids is 2. The van der Waals surface area contributed by atoms with E-state index in [1.165, 1.54) is 4.90 Å². The van der Waals surface area contributed by atoms with Gasteiger partial charge in [0, 0.05) is 25.2 Å². The summed E-state index contributed by atoms with van der Waals surface area (Å²) in [6.45, 7) is 5.58. The fraction of sp³-hybridized carbons (Fsp3) is 0.750. The molecule has 1 saturated heterocycles. The number of carbonyl (C=O) groups is 3. The lowest BCUT2D eigenvalue weighted by atomic mass is 10.00. The van der Waals surface area contributed by atoms with Crippen LogP contribution in [0.2, 0.25) is 0 Å². The van der Waals surface area contributed by atoms with Crippen LogP contribution in [-0.2, 0) is 9.59 Å². The molecule has 1 fully saturated rings. The van der Waals surface area contributed by atoms with Crippen LogP contribution < -0.4 is 5.32 Å². The predicted molar refractivity (Wildman–Crippen MR) is 70.5 cm³/mol. The van der Waals surface area contributed by atoms with Crippen LogP contribution >= 0.6 is 0 Å². The summed E-state index contributed by atoms with van der Waals surface area (Å²) < 4.78 is 0. The average molecular weight is 287 g/mol. The van der Waals surface area contributed by atoms with E-state index >= 15 is 0 Å².